The first-order chi connectivity index (χ1) is 9.61. The Morgan fingerprint density at radius 2 is 1.65 bits per heavy atom. The number of benzene rings is 2. The molecule has 0 fully saturated rings. The highest BCUT2D eigenvalue weighted by Gasteiger charge is 2.06. The van der Waals surface area contributed by atoms with E-state index >= 15 is 0 Å². The van der Waals surface area contributed by atoms with Gasteiger partial charge in [0.25, 0.3) is 0 Å². The SMILES string of the molecule is N=c1ccc2cc(Nc3ccc(F)cc3)cc(F)c2o1. The van der Waals surface area contributed by atoms with Crippen LogP contribution in [0.4, 0.5) is 20.2 Å². The summed E-state index contributed by atoms with van der Waals surface area (Å²) in [5, 5.41) is 10.9. The fourth-order valence-corrected chi connectivity index (χ4v) is 1.93. The molecular formula is C15H10F2N2O. The van der Waals surface area contributed by atoms with E-state index in [1.54, 1.807) is 24.3 Å². The van der Waals surface area contributed by atoms with Crippen molar-refractivity contribution in [1.82, 2.24) is 0 Å². The zero-order valence-corrected chi connectivity index (χ0v) is 10.3. The van der Waals surface area contributed by atoms with Gasteiger partial charge < -0.3 is 9.73 Å². The molecule has 20 heavy (non-hydrogen) atoms. The molecule has 0 saturated carbocycles. The van der Waals surface area contributed by atoms with Gasteiger partial charge in [-0.3, -0.25) is 5.41 Å². The lowest BCUT2D eigenvalue weighted by molar-refractivity contribution is 0.504. The van der Waals surface area contributed by atoms with Gasteiger partial charge in [0.2, 0.25) is 5.55 Å². The van der Waals surface area contributed by atoms with Crippen LogP contribution in [0.25, 0.3) is 11.0 Å². The van der Waals surface area contributed by atoms with Crippen LogP contribution in [0.3, 0.4) is 0 Å². The molecule has 0 bridgehead atoms. The number of rotatable bonds is 2. The number of hydrogen-bond donors (Lipinski definition) is 2. The zero-order valence-electron chi connectivity index (χ0n) is 10.3. The molecule has 3 rings (SSSR count). The van der Waals surface area contributed by atoms with Crippen LogP contribution in [-0.4, -0.2) is 0 Å². The first-order valence-electron chi connectivity index (χ1n) is 5.92. The third kappa shape index (κ3) is 2.38. The van der Waals surface area contributed by atoms with E-state index < -0.39 is 5.82 Å². The Labute approximate surface area is 113 Å². The molecule has 0 saturated heterocycles. The molecule has 3 nitrogen and oxygen atoms in total. The van der Waals surface area contributed by atoms with Crippen molar-refractivity contribution in [3.05, 3.63) is 65.7 Å². The second-order valence-electron chi connectivity index (χ2n) is 4.31. The minimum atomic E-state index is -0.554. The Morgan fingerprint density at radius 1 is 0.900 bits per heavy atom. The van der Waals surface area contributed by atoms with Crippen LogP contribution < -0.4 is 10.9 Å². The fraction of sp³-hybridized carbons (Fsp3) is 0. The highest BCUT2D eigenvalue weighted by atomic mass is 19.1. The summed E-state index contributed by atoms with van der Waals surface area (Å²) >= 11 is 0. The molecule has 0 aliphatic carbocycles. The summed E-state index contributed by atoms with van der Waals surface area (Å²) < 4.78 is 31.8. The lowest BCUT2D eigenvalue weighted by atomic mass is 10.2. The molecule has 2 N–H and O–H groups in total. The van der Waals surface area contributed by atoms with Gasteiger partial charge in [-0.25, -0.2) is 8.78 Å². The van der Waals surface area contributed by atoms with Crippen LogP contribution in [0.2, 0.25) is 0 Å². The van der Waals surface area contributed by atoms with Crippen molar-refractivity contribution in [3.63, 3.8) is 0 Å². The molecule has 3 aromatic rings. The summed E-state index contributed by atoms with van der Waals surface area (Å²) in [6.07, 6.45) is 0. The zero-order chi connectivity index (χ0) is 14.1. The van der Waals surface area contributed by atoms with Gasteiger partial charge in [0.05, 0.1) is 0 Å². The predicted octanol–water partition coefficient (Wildman–Crippen LogP) is 3.93. The highest BCUT2D eigenvalue weighted by Crippen LogP contribution is 2.24. The monoisotopic (exact) mass is 272 g/mol. The summed E-state index contributed by atoms with van der Waals surface area (Å²) in [6.45, 7) is 0. The molecule has 1 aromatic heterocycles. The lowest BCUT2D eigenvalue weighted by Crippen LogP contribution is -1.98. The normalized spacial score (nSPS) is 10.7. The van der Waals surface area contributed by atoms with Gasteiger partial charge >= 0.3 is 0 Å². The van der Waals surface area contributed by atoms with E-state index in [1.807, 2.05) is 0 Å². The van der Waals surface area contributed by atoms with E-state index in [4.69, 9.17) is 9.83 Å². The summed E-state index contributed by atoms with van der Waals surface area (Å²) in [5.74, 6) is -0.886. The summed E-state index contributed by atoms with van der Waals surface area (Å²) in [4.78, 5) is 0. The van der Waals surface area contributed by atoms with Gasteiger partial charge in [-0.15, -0.1) is 0 Å². The number of anilines is 2. The van der Waals surface area contributed by atoms with Crippen LogP contribution in [0, 0.1) is 17.0 Å². The first-order valence-corrected chi connectivity index (χ1v) is 5.92. The van der Waals surface area contributed by atoms with Gasteiger partial charge in [-0.2, -0.15) is 0 Å². The van der Waals surface area contributed by atoms with Crippen molar-refractivity contribution in [2.45, 2.75) is 0 Å². The van der Waals surface area contributed by atoms with Crippen molar-refractivity contribution < 1.29 is 13.2 Å². The standard InChI is InChI=1S/C15H10F2N2O/c16-10-2-4-11(5-3-10)19-12-7-9-1-6-14(18)20-15(9)13(17)8-12/h1-8,18-19H. The molecule has 0 amide bonds. The topological polar surface area (TPSA) is 49.0 Å². The van der Waals surface area contributed by atoms with Gasteiger partial charge in [0, 0.05) is 28.9 Å². The molecular weight excluding hydrogens is 262 g/mol. The fourth-order valence-electron chi connectivity index (χ4n) is 1.93. The summed E-state index contributed by atoms with van der Waals surface area (Å²) in [6, 6.07) is 11.8. The maximum atomic E-state index is 13.9. The van der Waals surface area contributed by atoms with Crippen molar-refractivity contribution in [2.24, 2.45) is 0 Å². The number of nitrogens with one attached hydrogen (secondary N) is 2. The molecule has 100 valence electrons. The largest absolute Gasteiger partial charge is 0.436 e. The van der Waals surface area contributed by atoms with E-state index in [0.29, 0.717) is 16.8 Å². The Hall–Kier alpha value is -2.69. The summed E-state index contributed by atoms with van der Waals surface area (Å²) in [5.41, 5.74) is 1.12. The van der Waals surface area contributed by atoms with Crippen LogP contribution in [0.1, 0.15) is 0 Å². The molecule has 0 aliphatic rings. The molecule has 2 aromatic carbocycles. The molecule has 0 aliphatic heterocycles. The summed E-state index contributed by atoms with van der Waals surface area (Å²) in [7, 11) is 0. The molecule has 1 heterocycles. The van der Waals surface area contributed by atoms with E-state index in [9.17, 15) is 8.78 Å². The molecule has 5 heteroatoms. The number of halogens is 2. The molecule has 0 atom stereocenters. The average molecular weight is 272 g/mol. The Bertz CT molecular complexity index is 825. The molecule has 0 radical (unpaired) electrons. The van der Waals surface area contributed by atoms with Crippen molar-refractivity contribution in [3.8, 4) is 0 Å². The average Bonchev–Trinajstić information content (AvgIpc) is 2.42. The Morgan fingerprint density at radius 3 is 2.40 bits per heavy atom. The minimum Gasteiger partial charge on any atom is -0.436 e. The quantitative estimate of drug-likeness (QED) is 0.742. The van der Waals surface area contributed by atoms with E-state index in [2.05, 4.69) is 5.32 Å². The van der Waals surface area contributed by atoms with E-state index in [1.165, 1.54) is 24.3 Å². The van der Waals surface area contributed by atoms with Gasteiger partial charge in [0.1, 0.15) is 5.82 Å². The van der Waals surface area contributed by atoms with Crippen LogP contribution in [0.5, 0.6) is 0 Å². The second-order valence-corrected chi connectivity index (χ2v) is 4.31. The third-order valence-electron chi connectivity index (χ3n) is 2.83. The van der Waals surface area contributed by atoms with E-state index in [-0.39, 0.29) is 17.0 Å². The highest BCUT2D eigenvalue weighted by molar-refractivity contribution is 5.82. The number of hydrogen-bond acceptors (Lipinski definition) is 3. The Kier molecular flexibility index (Phi) is 2.95. The van der Waals surface area contributed by atoms with Crippen molar-refractivity contribution in [1.29, 1.82) is 5.41 Å². The minimum absolute atomic E-state index is 0.0437. The third-order valence-corrected chi connectivity index (χ3v) is 2.83. The van der Waals surface area contributed by atoms with Crippen LogP contribution >= 0.6 is 0 Å². The van der Waals surface area contributed by atoms with Gasteiger partial charge in [-0.05, 0) is 36.4 Å². The first kappa shape index (κ1) is 12.3. The predicted molar refractivity (Wildman–Crippen MR) is 71.7 cm³/mol. The maximum absolute atomic E-state index is 13.9. The van der Waals surface area contributed by atoms with E-state index in [0.717, 1.165) is 0 Å². The van der Waals surface area contributed by atoms with Crippen molar-refractivity contribution in [2.75, 3.05) is 5.32 Å². The van der Waals surface area contributed by atoms with Gasteiger partial charge in [0.15, 0.2) is 11.4 Å². The second kappa shape index (κ2) is 4.77. The smallest absolute Gasteiger partial charge is 0.212 e. The maximum Gasteiger partial charge on any atom is 0.212 e. The van der Waals surface area contributed by atoms with Crippen molar-refractivity contribution >= 4 is 22.3 Å². The molecule has 0 unspecified atom stereocenters. The van der Waals surface area contributed by atoms with Gasteiger partial charge in [-0.1, -0.05) is 0 Å². The lowest BCUT2D eigenvalue weighted by Gasteiger charge is -2.08. The number of fused-ring (bicyclic) bond motifs is 1. The Balaban J connectivity index is 2.02. The van der Waals surface area contributed by atoms with Crippen LogP contribution in [0.15, 0.2) is 52.9 Å². The molecule has 0 spiro atoms. The van der Waals surface area contributed by atoms with Crippen LogP contribution in [-0.2, 0) is 0 Å².